The Labute approximate surface area is 181 Å². The number of fused-ring (bicyclic) bond motifs is 2. The van der Waals surface area contributed by atoms with E-state index in [4.69, 9.17) is 4.74 Å². The fourth-order valence-corrected chi connectivity index (χ4v) is 3.41. The Morgan fingerprint density at radius 1 is 1.00 bits per heavy atom. The number of benzene rings is 1. The number of nitrogens with zero attached hydrogens (tertiary/aromatic N) is 6. The second kappa shape index (κ2) is 7.91. The van der Waals surface area contributed by atoms with Gasteiger partial charge in [0.05, 0.1) is 24.7 Å². The highest BCUT2D eigenvalue weighted by atomic mass is 16.5. The maximum atomic E-state index is 12.8. The second-order valence-corrected chi connectivity index (χ2v) is 6.83. The summed E-state index contributed by atoms with van der Waals surface area (Å²) in [5.74, 6) is -0.797. The molecule has 10 nitrogen and oxygen atoms in total. The first kappa shape index (κ1) is 19.4. The molecule has 0 aliphatic rings. The van der Waals surface area contributed by atoms with E-state index in [0.717, 1.165) is 5.56 Å². The van der Waals surface area contributed by atoms with E-state index in [1.54, 1.807) is 48.2 Å². The topological polar surface area (TPSA) is 116 Å². The quantitative estimate of drug-likeness (QED) is 0.429. The van der Waals surface area contributed by atoms with E-state index in [2.05, 4.69) is 25.5 Å². The summed E-state index contributed by atoms with van der Waals surface area (Å²) < 4.78 is 8.19. The molecule has 1 amide bonds. The molecule has 0 radical (unpaired) electrons. The van der Waals surface area contributed by atoms with Crippen molar-refractivity contribution in [2.24, 2.45) is 0 Å². The summed E-state index contributed by atoms with van der Waals surface area (Å²) in [4.78, 5) is 33.5. The number of hydrogen-bond donors (Lipinski definition) is 1. The minimum absolute atomic E-state index is 0.264. The third kappa shape index (κ3) is 3.33. The van der Waals surface area contributed by atoms with Crippen molar-refractivity contribution < 1.29 is 14.3 Å². The van der Waals surface area contributed by atoms with Crippen LogP contribution in [-0.2, 0) is 4.74 Å². The van der Waals surface area contributed by atoms with E-state index in [-0.39, 0.29) is 12.5 Å². The number of aromatic nitrogens is 6. The lowest BCUT2D eigenvalue weighted by molar-refractivity contribution is 0.0528. The van der Waals surface area contributed by atoms with Crippen LogP contribution in [0.2, 0.25) is 0 Å². The number of anilines is 1. The van der Waals surface area contributed by atoms with Crippen LogP contribution >= 0.6 is 0 Å². The predicted molar refractivity (Wildman–Crippen MR) is 115 cm³/mol. The third-order valence-corrected chi connectivity index (χ3v) is 4.84. The van der Waals surface area contributed by atoms with Gasteiger partial charge in [-0.05, 0) is 31.2 Å². The van der Waals surface area contributed by atoms with E-state index < -0.39 is 5.97 Å². The highest BCUT2D eigenvalue weighted by Gasteiger charge is 2.18. The van der Waals surface area contributed by atoms with Crippen LogP contribution in [0.25, 0.3) is 22.6 Å². The normalized spacial score (nSPS) is 11.0. The largest absolute Gasteiger partial charge is 0.462 e. The van der Waals surface area contributed by atoms with Crippen LogP contribution in [0.3, 0.4) is 0 Å². The summed E-state index contributed by atoms with van der Waals surface area (Å²) in [6, 6.07) is 10.8. The lowest BCUT2D eigenvalue weighted by Gasteiger charge is -2.09. The number of rotatable bonds is 5. The van der Waals surface area contributed by atoms with Gasteiger partial charge in [-0.1, -0.05) is 12.1 Å². The molecular weight excluding hydrogens is 410 g/mol. The number of esters is 1. The van der Waals surface area contributed by atoms with Crippen LogP contribution in [0, 0.1) is 0 Å². The predicted octanol–water partition coefficient (Wildman–Crippen LogP) is 2.87. The molecule has 4 aromatic heterocycles. The average Bonchev–Trinajstić information content (AvgIpc) is 3.44. The van der Waals surface area contributed by atoms with Gasteiger partial charge in [-0.2, -0.15) is 10.2 Å². The number of nitrogens with one attached hydrogen (secondary N) is 1. The smallest absolute Gasteiger partial charge is 0.343 e. The zero-order valence-corrected chi connectivity index (χ0v) is 17.0. The molecule has 0 spiro atoms. The van der Waals surface area contributed by atoms with Crippen LogP contribution in [0.1, 0.15) is 27.6 Å². The lowest BCUT2D eigenvalue weighted by Crippen LogP contribution is -2.12. The fourth-order valence-electron chi connectivity index (χ4n) is 3.41. The molecule has 32 heavy (non-hydrogen) atoms. The zero-order chi connectivity index (χ0) is 22.1. The van der Waals surface area contributed by atoms with Gasteiger partial charge in [-0.15, -0.1) is 0 Å². The van der Waals surface area contributed by atoms with Gasteiger partial charge < -0.3 is 10.1 Å². The van der Waals surface area contributed by atoms with Crippen molar-refractivity contribution in [3.05, 3.63) is 78.5 Å². The average molecular weight is 427 g/mol. The number of ether oxygens (including phenoxy) is 1. The molecule has 158 valence electrons. The molecule has 1 aromatic carbocycles. The summed E-state index contributed by atoms with van der Waals surface area (Å²) >= 11 is 0. The molecule has 4 heterocycles. The van der Waals surface area contributed by atoms with Crippen molar-refractivity contribution in [1.29, 1.82) is 0 Å². The Hall–Kier alpha value is -4.60. The molecule has 1 N–H and O–H groups in total. The number of carbonyl (C=O) groups excluding carboxylic acids is 2. The lowest BCUT2D eigenvalue weighted by atomic mass is 10.1. The Balaban J connectivity index is 1.47. The van der Waals surface area contributed by atoms with Crippen molar-refractivity contribution >= 4 is 28.9 Å². The molecule has 0 saturated heterocycles. The summed E-state index contributed by atoms with van der Waals surface area (Å²) in [5, 5.41) is 11.3. The van der Waals surface area contributed by atoms with Crippen LogP contribution in [0.4, 0.5) is 5.69 Å². The third-order valence-electron chi connectivity index (χ3n) is 4.84. The van der Waals surface area contributed by atoms with Crippen LogP contribution < -0.4 is 5.32 Å². The molecule has 0 atom stereocenters. The number of carbonyl (C=O) groups is 2. The molecule has 10 heteroatoms. The molecule has 5 aromatic rings. The number of hydrogen-bond acceptors (Lipinski definition) is 7. The Kier molecular flexibility index (Phi) is 4.79. The van der Waals surface area contributed by atoms with Crippen LogP contribution in [0.5, 0.6) is 0 Å². The van der Waals surface area contributed by atoms with Gasteiger partial charge in [0, 0.05) is 29.8 Å². The van der Waals surface area contributed by atoms with E-state index in [1.807, 2.05) is 18.2 Å². The maximum absolute atomic E-state index is 12.8. The van der Waals surface area contributed by atoms with Crippen LogP contribution in [-0.4, -0.2) is 47.7 Å². The Morgan fingerprint density at radius 3 is 2.72 bits per heavy atom. The molecule has 0 aliphatic carbocycles. The van der Waals surface area contributed by atoms with E-state index >= 15 is 0 Å². The van der Waals surface area contributed by atoms with Crippen molar-refractivity contribution in [1.82, 2.24) is 29.2 Å². The molecule has 0 saturated carbocycles. The van der Waals surface area contributed by atoms with Gasteiger partial charge in [0.1, 0.15) is 11.1 Å². The molecule has 0 unspecified atom stereocenters. The monoisotopic (exact) mass is 427 g/mol. The zero-order valence-electron chi connectivity index (χ0n) is 17.0. The van der Waals surface area contributed by atoms with Crippen molar-refractivity contribution in [2.75, 3.05) is 11.9 Å². The summed E-state index contributed by atoms with van der Waals surface area (Å²) in [6.45, 7) is 2.01. The van der Waals surface area contributed by atoms with Crippen molar-refractivity contribution in [3.8, 4) is 11.3 Å². The number of amides is 1. The molecule has 5 rings (SSSR count). The highest BCUT2D eigenvalue weighted by Crippen LogP contribution is 2.24. The Bertz CT molecular complexity index is 1470. The summed E-state index contributed by atoms with van der Waals surface area (Å²) in [6.07, 6.45) is 7.86. The summed E-state index contributed by atoms with van der Waals surface area (Å²) in [5.41, 5.74) is 3.61. The Morgan fingerprint density at radius 2 is 1.84 bits per heavy atom. The van der Waals surface area contributed by atoms with Crippen molar-refractivity contribution in [3.63, 3.8) is 0 Å². The van der Waals surface area contributed by atoms with Crippen LogP contribution in [0.15, 0.2) is 67.4 Å². The first-order valence-corrected chi connectivity index (χ1v) is 9.85. The first-order valence-electron chi connectivity index (χ1n) is 9.85. The minimum Gasteiger partial charge on any atom is -0.462 e. The van der Waals surface area contributed by atoms with E-state index in [1.165, 1.54) is 16.9 Å². The van der Waals surface area contributed by atoms with Gasteiger partial charge >= 0.3 is 5.97 Å². The van der Waals surface area contributed by atoms with Gasteiger partial charge in [0.2, 0.25) is 0 Å². The molecule has 0 fully saturated rings. The van der Waals surface area contributed by atoms with Gasteiger partial charge in [0.25, 0.3) is 5.91 Å². The molecule has 0 aliphatic heterocycles. The molecule has 0 bridgehead atoms. The van der Waals surface area contributed by atoms with E-state index in [0.29, 0.717) is 33.8 Å². The first-order chi connectivity index (χ1) is 15.7. The van der Waals surface area contributed by atoms with E-state index in [9.17, 15) is 9.59 Å². The highest BCUT2D eigenvalue weighted by molar-refractivity contribution is 6.08. The standard InChI is InChI=1S/C22H17N7O3/c1-2-32-22(31)17-13-26-29-18(7-9-24-20(17)29)14-5-3-6-15(11-14)27-21(30)16-12-25-28-10-4-8-23-19(16)28/h3-13H,2H2,1H3,(H,27,30). The molecular formula is C22H17N7O3. The fraction of sp³-hybridized carbons (Fsp3) is 0.0909. The van der Waals surface area contributed by atoms with Crippen molar-refractivity contribution in [2.45, 2.75) is 6.92 Å². The SMILES string of the molecule is CCOC(=O)c1cnn2c(-c3cccc(NC(=O)c4cnn5cccnc45)c3)ccnc12. The minimum atomic E-state index is -0.477. The van der Waals surface area contributed by atoms with Gasteiger partial charge in [-0.3, -0.25) is 4.79 Å². The van der Waals surface area contributed by atoms with Gasteiger partial charge in [0.15, 0.2) is 11.3 Å². The second-order valence-electron chi connectivity index (χ2n) is 6.83. The van der Waals surface area contributed by atoms with Gasteiger partial charge in [-0.25, -0.2) is 23.8 Å². The maximum Gasteiger partial charge on any atom is 0.343 e. The summed E-state index contributed by atoms with van der Waals surface area (Å²) in [7, 11) is 0.